The van der Waals surface area contributed by atoms with Gasteiger partial charge in [0.05, 0.1) is 25.7 Å². The molecule has 1 amide bonds. The Morgan fingerprint density at radius 1 is 1.09 bits per heavy atom. The van der Waals surface area contributed by atoms with Crippen molar-refractivity contribution in [2.45, 2.75) is 39.1 Å². The lowest BCUT2D eigenvalue weighted by Crippen LogP contribution is -2.15. The van der Waals surface area contributed by atoms with E-state index in [1.165, 1.54) is 11.8 Å². The van der Waals surface area contributed by atoms with Crippen LogP contribution in [0, 0.1) is 13.8 Å². The maximum atomic E-state index is 12.5. The summed E-state index contributed by atoms with van der Waals surface area (Å²) in [5.41, 5.74) is 2.46. The topological polar surface area (TPSA) is 87.5 Å². The first-order valence-electron chi connectivity index (χ1n) is 10.3. The molecule has 10 heteroatoms. The summed E-state index contributed by atoms with van der Waals surface area (Å²) in [7, 11) is 3.11. The van der Waals surface area contributed by atoms with E-state index >= 15 is 0 Å². The molecule has 0 atom stereocenters. The Kier molecular flexibility index (Phi) is 8.46. The number of rotatable bonds is 10. The minimum absolute atomic E-state index is 0.162. The number of thioether (sulfide) groups is 1. The number of amides is 1. The first kappa shape index (κ1) is 24.7. The lowest BCUT2D eigenvalue weighted by atomic mass is 10.1. The van der Waals surface area contributed by atoms with Crippen molar-refractivity contribution in [2.75, 3.05) is 25.3 Å². The van der Waals surface area contributed by atoms with Gasteiger partial charge in [-0.3, -0.25) is 4.79 Å². The zero-order chi connectivity index (χ0) is 24.0. The zero-order valence-corrected chi connectivity index (χ0v) is 20.8. The maximum Gasteiger partial charge on any atom is 0.234 e. The van der Waals surface area contributed by atoms with Crippen LogP contribution in [-0.2, 0) is 17.9 Å². The van der Waals surface area contributed by atoms with E-state index in [4.69, 9.17) is 25.8 Å². The largest absolute Gasteiger partial charge is 0.497 e. The van der Waals surface area contributed by atoms with E-state index in [-0.39, 0.29) is 18.3 Å². The van der Waals surface area contributed by atoms with Crippen molar-refractivity contribution >= 4 is 35.0 Å². The van der Waals surface area contributed by atoms with Gasteiger partial charge >= 0.3 is 0 Å². The molecule has 0 saturated carbocycles. The van der Waals surface area contributed by atoms with Crippen molar-refractivity contribution in [3.05, 3.63) is 52.3 Å². The number of aryl methyl sites for hydroxylation is 2. The summed E-state index contributed by atoms with van der Waals surface area (Å²) in [6, 6.07) is 9.02. The van der Waals surface area contributed by atoms with E-state index in [1.807, 2.05) is 37.5 Å². The summed E-state index contributed by atoms with van der Waals surface area (Å²) in [6.07, 6.45) is 0. The fourth-order valence-corrected chi connectivity index (χ4v) is 4.15. The van der Waals surface area contributed by atoms with Crippen molar-refractivity contribution in [3.8, 4) is 17.2 Å². The molecule has 1 heterocycles. The molecular formula is C23H27ClN4O4S. The lowest BCUT2D eigenvalue weighted by Gasteiger charge is -2.12. The molecule has 0 aliphatic heterocycles. The molecule has 0 aliphatic carbocycles. The summed E-state index contributed by atoms with van der Waals surface area (Å²) >= 11 is 7.53. The van der Waals surface area contributed by atoms with Gasteiger partial charge in [-0.15, -0.1) is 10.2 Å². The number of aromatic nitrogens is 3. The van der Waals surface area contributed by atoms with Crippen LogP contribution in [0.2, 0.25) is 5.02 Å². The second kappa shape index (κ2) is 11.3. The number of benzene rings is 2. The first-order chi connectivity index (χ1) is 15.9. The molecule has 0 aliphatic rings. The van der Waals surface area contributed by atoms with Crippen LogP contribution in [0.1, 0.15) is 23.9 Å². The predicted octanol–water partition coefficient (Wildman–Crippen LogP) is 4.90. The average molecular weight is 491 g/mol. The summed E-state index contributed by atoms with van der Waals surface area (Å²) in [6.45, 7) is 6.79. The minimum Gasteiger partial charge on any atom is -0.497 e. The zero-order valence-electron chi connectivity index (χ0n) is 19.3. The highest BCUT2D eigenvalue weighted by Gasteiger charge is 2.15. The van der Waals surface area contributed by atoms with Gasteiger partial charge in [0.15, 0.2) is 11.0 Å². The molecule has 0 fully saturated rings. The standard InChI is InChI=1S/C23H27ClN4O4S/c1-6-28-20(12-32-17-9-14(2)22(24)15(3)10-17)26-27-23(28)33-13-21(29)25-18-11-16(30-4)7-8-19(18)31-5/h7-11H,6,12-13H2,1-5H3,(H,25,29). The number of halogens is 1. The lowest BCUT2D eigenvalue weighted by molar-refractivity contribution is -0.113. The van der Waals surface area contributed by atoms with Gasteiger partial charge in [-0.25, -0.2) is 0 Å². The first-order valence-corrected chi connectivity index (χ1v) is 11.7. The Labute approximate surface area is 202 Å². The van der Waals surface area contributed by atoms with E-state index in [0.717, 1.165) is 21.9 Å². The monoisotopic (exact) mass is 490 g/mol. The van der Waals surface area contributed by atoms with Crippen LogP contribution in [0.25, 0.3) is 0 Å². The predicted molar refractivity (Wildman–Crippen MR) is 130 cm³/mol. The number of methoxy groups -OCH3 is 2. The second-order valence-corrected chi connectivity index (χ2v) is 8.53. The van der Waals surface area contributed by atoms with Gasteiger partial charge in [0, 0.05) is 17.6 Å². The number of nitrogens with zero attached hydrogens (tertiary/aromatic N) is 3. The highest BCUT2D eigenvalue weighted by atomic mass is 35.5. The summed E-state index contributed by atoms with van der Waals surface area (Å²) in [5, 5.41) is 12.7. The Morgan fingerprint density at radius 2 is 1.82 bits per heavy atom. The van der Waals surface area contributed by atoms with Crippen molar-refractivity contribution in [1.29, 1.82) is 0 Å². The molecule has 33 heavy (non-hydrogen) atoms. The molecule has 1 aromatic heterocycles. The smallest absolute Gasteiger partial charge is 0.234 e. The molecule has 8 nitrogen and oxygen atoms in total. The Bertz CT molecular complexity index is 1110. The van der Waals surface area contributed by atoms with Gasteiger partial charge in [0.25, 0.3) is 0 Å². The van der Waals surface area contributed by atoms with Crippen molar-refractivity contribution in [1.82, 2.24) is 14.8 Å². The van der Waals surface area contributed by atoms with E-state index in [1.54, 1.807) is 32.4 Å². The highest BCUT2D eigenvalue weighted by Crippen LogP contribution is 2.30. The van der Waals surface area contributed by atoms with Crippen molar-refractivity contribution < 1.29 is 19.0 Å². The second-order valence-electron chi connectivity index (χ2n) is 7.21. The van der Waals surface area contributed by atoms with Gasteiger partial charge in [-0.2, -0.15) is 0 Å². The molecular weight excluding hydrogens is 464 g/mol. The van der Waals surface area contributed by atoms with Crippen LogP contribution in [0.5, 0.6) is 17.2 Å². The van der Waals surface area contributed by atoms with Gasteiger partial charge in [0.2, 0.25) is 5.91 Å². The number of carbonyl (C=O) groups excluding carboxylic acids is 1. The third kappa shape index (κ3) is 6.11. The van der Waals surface area contributed by atoms with Crippen LogP contribution in [0.3, 0.4) is 0 Å². The summed E-state index contributed by atoms with van der Waals surface area (Å²) in [4.78, 5) is 12.5. The maximum absolute atomic E-state index is 12.5. The van der Waals surface area contributed by atoms with Crippen molar-refractivity contribution in [3.63, 3.8) is 0 Å². The number of anilines is 1. The minimum atomic E-state index is -0.192. The van der Waals surface area contributed by atoms with Gasteiger partial charge in [-0.1, -0.05) is 23.4 Å². The van der Waals surface area contributed by atoms with E-state index in [9.17, 15) is 4.79 Å². The van der Waals surface area contributed by atoms with E-state index < -0.39 is 0 Å². The third-order valence-corrected chi connectivity index (χ3v) is 6.46. The SMILES string of the molecule is CCn1c(COc2cc(C)c(Cl)c(C)c2)nnc1SCC(=O)Nc1cc(OC)ccc1OC. The summed E-state index contributed by atoms with van der Waals surface area (Å²) < 4.78 is 18.4. The van der Waals surface area contributed by atoms with Crippen LogP contribution in [-0.4, -0.2) is 40.6 Å². The molecule has 0 bridgehead atoms. The number of ether oxygens (including phenoxy) is 3. The number of hydrogen-bond acceptors (Lipinski definition) is 7. The number of nitrogens with one attached hydrogen (secondary N) is 1. The molecule has 176 valence electrons. The fraction of sp³-hybridized carbons (Fsp3) is 0.348. The van der Waals surface area contributed by atoms with Crippen LogP contribution < -0.4 is 19.5 Å². The highest BCUT2D eigenvalue weighted by molar-refractivity contribution is 7.99. The Hall–Kier alpha value is -2.91. The number of hydrogen-bond donors (Lipinski definition) is 1. The molecule has 3 rings (SSSR count). The van der Waals surface area contributed by atoms with E-state index in [2.05, 4.69) is 15.5 Å². The normalized spacial score (nSPS) is 10.7. The average Bonchev–Trinajstić information content (AvgIpc) is 3.21. The summed E-state index contributed by atoms with van der Waals surface area (Å²) in [5.74, 6) is 2.55. The van der Waals surface area contributed by atoms with Gasteiger partial charge in [0.1, 0.15) is 23.9 Å². The molecule has 3 aromatic rings. The fourth-order valence-electron chi connectivity index (χ4n) is 3.22. The van der Waals surface area contributed by atoms with E-state index in [0.29, 0.717) is 34.7 Å². The van der Waals surface area contributed by atoms with Crippen molar-refractivity contribution in [2.24, 2.45) is 0 Å². The molecule has 0 spiro atoms. The molecule has 1 N–H and O–H groups in total. The number of carbonyl (C=O) groups is 1. The Balaban J connectivity index is 1.63. The van der Waals surface area contributed by atoms with Crippen LogP contribution in [0.15, 0.2) is 35.5 Å². The molecule has 2 aromatic carbocycles. The quantitative estimate of drug-likeness (QED) is 0.404. The Morgan fingerprint density at radius 3 is 2.45 bits per heavy atom. The third-order valence-electron chi connectivity index (χ3n) is 4.90. The molecule has 0 radical (unpaired) electrons. The van der Waals surface area contributed by atoms with Crippen LogP contribution in [0.4, 0.5) is 5.69 Å². The van der Waals surface area contributed by atoms with Gasteiger partial charge in [-0.05, 0) is 56.2 Å². The van der Waals surface area contributed by atoms with Gasteiger partial charge < -0.3 is 24.1 Å². The molecule has 0 unspecified atom stereocenters. The molecule has 0 saturated heterocycles. The van der Waals surface area contributed by atoms with Crippen LogP contribution >= 0.6 is 23.4 Å².